The van der Waals surface area contributed by atoms with E-state index < -0.39 is 0 Å². The second-order valence-corrected chi connectivity index (χ2v) is 6.91. The summed E-state index contributed by atoms with van der Waals surface area (Å²) in [5.74, 6) is 0.931. The quantitative estimate of drug-likeness (QED) is 0.904. The van der Waals surface area contributed by atoms with Gasteiger partial charge in [0.1, 0.15) is 0 Å². The Balaban J connectivity index is 1.54. The van der Waals surface area contributed by atoms with E-state index in [1.54, 1.807) is 0 Å². The molecular formula is C19H28N2O2. The minimum absolute atomic E-state index is 0.183. The fourth-order valence-electron chi connectivity index (χ4n) is 3.86. The number of piperazine rings is 1. The van der Waals surface area contributed by atoms with E-state index in [-0.39, 0.29) is 18.6 Å². The highest BCUT2D eigenvalue weighted by Crippen LogP contribution is 2.49. The largest absolute Gasteiger partial charge is 0.395 e. The molecule has 4 heteroatoms. The van der Waals surface area contributed by atoms with Gasteiger partial charge in [0.05, 0.1) is 6.61 Å². The number of carbonyl (C=O) groups is 1. The van der Waals surface area contributed by atoms with Crippen LogP contribution in [-0.2, 0) is 4.79 Å². The first-order valence-electron chi connectivity index (χ1n) is 8.85. The van der Waals surface area contributed by atoms with Crippen LogP contribution in [0.25, 0.3) is 0 Å². The average molecular weight is 316 g/mol. The number of aryl methyl sites for hydroxylation is 1. The van der Waals surface area contributed by atoms with Gasteiger partial charge in [0.25, 0.3) is 0 Å². The SMILES string of the molecule is CCC(CO)N1CCN(C(=O)C2CC2c2ccccc2C)CC1. The lowest BCUT2D eigenvalue weighted by Crippen LogP contribution is -2.53. The molecule has 3 atom stereocenters. The van der Waals surface area contributed by atoms with E-state index in [0.717, 1.165) is 39.0 Å². The third-order valence-corrected chi connectivity index (χ3v) is 5.52. The van der Waals surface area contributed by atoms with Crippen molar-refractivity contribution in [2.45, 2.75) is 38.6 Å². The van der Waals surface area contributed by atoms with Crippen molar-refractivity contribution < 1.29 is 9.90 Å². The van der Waals surface area contributed by atoms with Crippen molar-refractivity contribution in [1.82, 2.24) is 9.80 Å². The highest BCUT2D eigenvalue weighted by Gasteiger charge is 2.46. The Labute approximate surface area is 139 Å². The molecule has 1 saturated carbocycles. The number of nitrogens with zero attached hydrogens (tertiary/aromatic N) is 2. The van der Waals surface area contributed by atoms with Gasteiger partial charge in [-0.1, -0.05) is 31.2 Å². The van der Waals surface area contributed by atoms with Gasteiger partial charge in [0.15, 0.2) is 0 Å². The average Bonchev–Trinajstić information content (AvgIpc) is 3.37. The molecule has 23 heavy (non-hydrogen) atoms. The Bertz CT molecular complexity index is 548. The fraction of sp³-hybridized carbons (Fsp3) is 0.632. The molecule has 0 bridgehead atoms. The zero-order valence-electron chi connectivity index (χ0n) is 14.2. The normalized spacial score (nSPS) is 26.1. The minimum Gasteiger partial charge on any atom is -0.395 e. The summed E-state index contributed by atoms with van der Waals surface area (Å²) < 4.78 is 0. The third kappa shape index (κ3) is 3.43. The van der Waals surface area contributed by atoms with Crippen LogP contribution >= 0.6 is 0 Å². The molecule has 3 rings (SSSR count). The monoisotopic (exact) mass is 316 g/mol. The summed E-state index contributed by atoms with van der Waals surface area (Å²) in [4.78, 5) is 17.1. The standard InChI is InChI=1S/C19H28N2O2/c1-3-15(13-22)20-8-10-21(11-9-20)19(23)18-12-17(18)16-7-5-4-6-14(16)2/h4-7,15,17-18,22H,3,8-13H2,1-2H3. The van der Waals surface area contributed by atoms with Gasteiger partial charge in [-0.2, -0.15) is 0 Å². The maximum absolute atomic E-state index is 12.7. The van der Waals surface area contributed by atoms with Crippen molar-refractivity contribution in [2.24, 2.45) is 5.92 Å². The van der Waals surface area contributed by atoms with Gasteiger partial charge in [0.2, 0.25) is 5.91 Å². The lowest BCUT2D eigenvalue weighted by Gasteiger charge is -2.38. The van der Waals surface area contributed by atoms with E-state index in [9.17, 15) is 9.90 Å². The Hall–Kier alpha value is -1.39. The Morgan fingerprint density at radius 2 is 1.96 bits per heavy atom. The maximum atomic E-state index is 12.7. The molecule has 1 aromatic rings. The summed E-state index contributed by atoms with van der Waals surface area (Å²) in [5, 5.41) is 9.42. The summed E-state index contributed by atoms with van der Waals surface area (Å²) in [5.41, 5.74) is 2.64. The molecule has 0 aromatic heterocycles. The molecule has 1 N–H and O–H groups in total. The number of aliphatic hydroxyl groups is 1. The molecule has 1 aliphatic heterocycles. The van der Waals surface area contributed by atoms with Crippen LogP contribution in [0.1, 0.15) is 36.8 Å². The van der Waals surface area contributed by atoms with Crippen LogP contribution in [0, 0.1) is 12.8 Å². The molecule has 4 nitrogen and oxygen atoms in total. The molecule has 1 aliphatic carbocycles. The molecular weight excluding hydrogens is 288 g/mol. The number of benzene rings is 1. The molecule has 0 spiro atoms. The summed E-state index contributed by atoms with van der Waals surface area (Å²) >= 11 is 0. The van der Waals surface area contributed by atoms with Crippen LogP contribution in [0.3, 0.4) is 0 Å². The van der Waals surface area contributed by atoms with Crippen molar-refractivity contribution in [3.05, 3.63) is 35.4 Å². The van der Waals surface area contributed by atoms with Gasteiger partial charge in [0, 0.05) is 38.1 Å². The van der Waals surface area contributed by atoms with Crippen LogP contribution in [0.5, 0.6) is 0 Å². The number of amides is 1. The van der Waals surface area contributed by atoms with E-state index in [4.69, 9.17) is 0 Å². The van der Waals surface area contributed by atoms with Crippen molar-refractivity contribution in [3.8, 4) is 0 Å². The summed E-state index contributed by atoms with van der Waals surface area (Å²) in [6.45, 7) is 7.81. The Morgan fingerprint density at radius 1 is 1.26 bits per heavy atom. The smallest absolute Gasteiger partial charge is 0.226 e. The molecule has 1 amide bonds. The topological polar surface area (TPSA) is 43.8 Å². The van der Waals surface area contributed by atoms with Crippen LogP contribution in [-0.4, -0.2) is 59.6 Å². The Kier molecular flexibility index (Phi) is 5.02. The zero-order chi connectivity index (χ0) is 16.4. The molecule has 1 heterocycles. The fourth-order valence-corrected chi connectivity index (χ4v) is 3.86. The molecule has 2 fully saturated rings. The van der Waals surface area contributed by atoms with Gasteiger partial charge in [-0.15, -0.1) is 0 Å². The molecule has 1 aromatic carbocycles. The number of hydrogen-bond donors (Lipinski definition) is 1. The Morgan fingerprint density at radius 3 is 2.57 bits per heavy atom. The zero-order valence-corrected chi connectivity index (χ0v) is 14.2. The molecule has 2 aliphatic rings. The van der Waals surface area contributed by atoms with Gasteiger partial charge in [-0.25, -0.2) is 0 Å². The summed E-state index contributed by atoms with van der Waals surface area (Å²) in [6.07, 6.45) is 1.96. The van der Waals surface area contributed by atoms with Crippen LogP contribution < -0.4 is 0 Å². The number of carbonyl (C=O) groups excluding carboxylic acids is 1. The first kappa shape index (κ1) is 16.5. The molecule has 126 valence electrons. The van der Waals surface area contributed by atoms with Crippen molar-refractivity contribution in [3.63, 3.8) is 0 Å². The second-order valence-electron chi connectivity index (χ2n) is 6.91. The highest BCUT2D eigenvalue weighted by molar-refractivity contribution is 5.83. The van der Waals surface area contributed by atoms with E-state index in [0.29, 0.717) is 11.8 Å². The van der Waals surface area contributed by atoms with E-state index in [1.807, 2.05) is 4.90 Å². The minimum atomic E-state index is 0.183. The van der Waals surface area contributed by atoms with Gasteiger partial charge in [-0.05, 0) is 36.8 Å². The van der Waals surface area contributed by atoms with Crippen LogP contribution in [0.2, 0.25) is 0 Å². The van der Waals surface area contributed by atoms with Crippen molar-refractivity contribution in [1.29, 1.82) is 0 Å². The third-order valence-electron chi connectivity index (χ3n) is 5.52. The first-order chi connectivity index (χ1) is 11.2. The molecule has 1 saturated heterocycles. The van der Waals surface area contributed by atoms with E-state index in [2.05, 4.69) is 43.0 Å². The summed E-state index contributed by atoms with van der Waals surface area (Å²) in [7, 11) is 0. The first-order valence-corrected chi connectivity index (χ1v) is 8.85. The van der Waals surface area contributed by atoms with Crippen LogP contribution in [0.4, 0.5) is 0 Å². The van der Waals surface area contributed by atoms with Gasteiger partial charge < -0.3 is 10.0 Å². The van der Waals surface area contributed by atoms with E-state index >= 15 is 0 Å². The summed E-state index contributed by atoms with van der Waals surface area (Å²) in [6, 6.07) is 8.67. The number of aliphatic hydroxyl groups excluding tert-OH is 1. The highest BCUT2D eigenvalue weighted by atomic mass is 16.3. The lowest BCUT2D eigenvalue weighted by atomic mass is 10.0. The van der Waals surface area contributed by atoms with Gasteiger partial charge >= 0.3 is 0 Å². The van der Waals surface area contributed by atoms with Gasteiger partial charge in [-0.3, -0.25) is 9.69 Å². The van der Waals surface area contributed by atoms with Crippen molar-refractivity contribution >= 4 is 5.91 Å². The predicted octanol–water partition coefficient (Wildman–Crippen LogP) is 2.01. The van der Waals surface area contributed by atoms with E-state index in [1.165, 1.54) is 11.1 Å². The predicted molar refractivity (Wildman–Crippen MR) is 91.3 cm³/mol. The number of hydrogen-bond acceptors (Lipinski definition) is 3. The molecule has 3 unspecified atom stereocenters. The van der Waals surface area contributed by atoms with Crippen LogP contribution in [0.15, 0.2) is 24.3 Å². The maximum Gasteiger partial charge on any atom is 0.226 e. The lowest BCUT2D eigenvalue weighted by molar-refractivity contribution is -0.134. The number of rotatable bonds is 5. The second kappa shape index (κ2) is 7.02. The van der Waals surface area contributed by atoms with Crippen molar-refractivity contribution in [2.75, 3.05) is 32.8 Å². The molecule has 0 radical (unpaired) electrons.